The molecule has 154 valence electrons. The van der Waals surface area contributed by atoms with Crippen molar-refractivity contribution in [3.05, 3.63) is 71.0 Å². The third kappa shape index (κ3) is 4.91. The molecular formula is C22H21N3O5. The normalized spacial score (nSPS) is 10.4. The summed E-state index contributed by atoms with van der Waals surface area (Å²) < 4.78 is 10.2. The van der Waals surface area contributed by atoms with Crippen LogP contribution in [0.25, 0.3) is 11.3 Å². The summed E-state index contributed by atoms with van der Waals surface area (Å²) in [4.78, 5) is 36.5. The fourth-order valence-electron chi connectivity index (χ4n) is 2.88. The van der Waals surface area contributed by atoms with Gasteiger partial charge < -0.3 is 14.6 Å². The third-order valence-corrected chi connectivity index (χ3v) is 4.33. The summed E-state index contributed by atoms with van der Waals surface area (Å²) in [5.41, 5.74) is 3.63. The van der Waals surface area contributed by atoms with Gasteiger partial charge in [-0.25, -0.2) is 9.59 Å². The topological polar surface area (TPSA) is 111 Å². The molecule has 3 aromatic rings. The van der Waals surface area contributed by atoms with Gasteiger partial charge in [-0.2, -0.15) is 0 Å². The summed E-state index contributed by atoms with van der Waals surface area (Å²) in [7, 11) is 0. The van der Waals surface area contributed by atoms with Crippen molar-refractivity contribution in [1.82, 2.24) is 10.5 Å². The zero-order chi connectivity index (χ0) is 21.7. The van der Waals surface area contributed by atoms with E-state index >= 15 is 0 Å². The van der Waals surface area contributed by atoms with Gasteiger partial charge in [0.05, 0.1) is 0 Å². The molecule has 0 bridgehead atoms. The molecule has 3 rings (SSSR count). The van der Waals surface area contributed by atoms with Crippen molar-refractivity contribution >= 4 is 23.6 Å². The Bertz CT molecular complexity index is 1090. The van der Waals surface area contributed by atoms with Gasteiger partial charge in [-0.1, -0.05) is 53.2 Å². The van der Waals surface area contributed by atoms with Crippen molar-refractivity contribution in [3.8, 4) is 11.3 Å². The van der Waals surface area contributed by atoms with Crippen LogP contribution in [0.4, 0.5) is 10.5 Å². The van der Waals surface area contributed by atoms with Crippen molar-refractivity contribution < 1.29 is 23.6 Å². The maximum absolute atomic E-state index is 12.5. The van der Waals surface area contributed by atoms with Gasteiger partial charge in [0.15, 0.2) is 6.61 Å². The van der Waals surface area contributed by atoms with Crippen LogP contribution in [-0.4, -0.2) is 29.7 Å². The molecule has 0 saturated carbocycles. The lowest BCUT2D eigenvalue weighted by molar-refractivity contribution is -0.123. The highest BCUT2D eigenvalue weighted by atomic mass is 16.5. The molecule has 0 aliphatic carbocycles. The minimum atomic E-state index is -0.766. The predicted molar refractivity (Wildman–Crippen MR) is 110 cm³/mol. The second-order valence-electron chi connectivity index (χ2n) is 6.73. The first-order valence-corrected chi connectivity index (χ1v) is 9.22. The Morgan fingerprint density at radius 1 is 1.03 bits per heavy atom. The molecule has 8 nitrogen and oxygen atoms in total. The number of nitrogens with one attached hydrogen (secondary N) is 2. The van der Waals surface area contributed by atoms with Gasteiger partial charge in [0.1, 0.15) is 17.0 Å². The lowest BCUT2D eigenvalue weighted by Gasteiger charge is -2.10. The standard InChI is InChI=1S/C22H21N3O5/c1-13-9-10-17(14(2)11-13)23-22(28)24-18(26)12-29-21(27)19-15(3)30-25-20(19)16-7-5-4-6-8-16/h4-11H,12H2,1-3H3,(H2,23,24,26,28). The number of imide groups is 1. The maximum Gasteiger partial charge on any atom is 0.344 e. The van der Waals surface area contributed by atoms with E-state index in [1.165, 1.54) is 0 Å². The molecule has 0 radical (unpaired) electrons. The zero-order valence-electron chi connectivity index (χ0n) is 16.8. The second-order valence-corrected chi connectivity index (χ2v) is 6.73. The van der Waals surface area contributed by atoms with Crippen LogP contribution in [0.1, 0.15) is 27.2 Å². The number of rotatable bonds is 5. The molecule has 0 atom stereocenters. The quantitative estimate of drug-likeness (QED) is 0.623. The van der Waals surface area contributed by atoms with Gasteiger partial charge in [-0.05, 0) is 32.4 Å². The Kier molecular flexibility index (Phi) is 6.26. The molecular weight excluding hydrogens is 386 g/mol. The van der Waals surface area contributed by atoms with E-state index in [0.717, 1.165) is 11.1 Å². The van der Waals surface area contributed by atoms with Crippen LogP contribution in [0.2, 0.25) is 0 Å². The van der Waals surface area contributed by atoms with E-state index in [2.05, 4.69) is 15.8 Å². The number of nitrogens with zero attached hydrogens (tertiary/aromatic N) is 1. The van der Waals surface area contributed by atoms with Crippen LogP contribution in [0.15, 0.2) is 53.1 Å². The molecule has 3 amide bonds. The monoisotopic (exact) mass is 407 g/mol. The summed E-state index contributed by atoms with van der Waals surface area (Å²) in [6.45, 7) is 4.73. The molecule has 8 heteroatoms. The van der Waals surface area contributed by atoms with Gasteiger partial charge in [-0.15, -0.1) is 0 Å². The molecule has 0 spiro atoms. The SMILES string of the molecule is Cc1ccc(NC(=O)NC(=O)COC(=O)c2c(-c3ccccc3)noc2C)c(C)c1. The van der Waals surface area contributed by atoms with E-state index in [1.54, 1.807) is 37.3 Å². The Morgan fingerprint density at radius 3 is 2.47 bits per heavy atom. The first-order valence-electron chi connectivity index (χ1n) is 9.22. The molecule has 0 aliphatic heterocycles. The smallest absolute Gasteiger partial charge is 0.344 e. The highest BCUT2D eigenvalue weighted by Crippen LogP contribution is 2.25. The van der Waals surface area contributed by atoms with E-state index < -0.39 is 24.5 Å². The molecule has 1 heterocycles. The molecule has 2 N–H and O–H groups in total. The highest BCUT2D eigenvalue weighted by Gasteiger charge is 2.23. The average Bonchev–Trinajstić information content (AvgIpc) is 3.10. The van der Waals surface area contributed by atoms with E-state index in [1.807, 2.05) is 32.0 Å². The number of carbonyl (C=O) groups excluding carboxylic acids is 3. The van der Waals surface area contributed by atoms with Crippen molar-refractivity contribution in [3.63, 3.8) is 0 Å². The van der Waals surface area contributed by atoms with Gasteiger partial charge in [0, 0.05) is 11.3 Å². The van der Waals surface area contributed by atoms with Crippen molar-refractivity contribution in [2.45, 2.75) is 20.8 Å². The van der Waals surface area contributed by atoms with Crippen LogP contribution < -0.4 is 10.6 Å². The lowest BCUT2D eigenvalue weighted by atomic mass is 10.1. The number of anilines is 1. The minimum Gasteiger partial charge on any atom is -0.452 e. The molecule has 0 fully saturated rings. The van der Waals surface area contributed by atoms with E-state index in [9.17, 15) is 14.4 Å². The number of aromatic nitrogens is 1. The highest BCUT2D eigenvalue weighted by molar-refractivity contribution is 6.03. The van der Waals surface area contributed by atoms with Crippen molar-refractivity contribution in [2.75, 3.05) is 11.9 Å². The van der Waals surface area contributed by atoms with Crippen molar-refractivity contribution in [2.24, 2.45) is 0 Å². The van der Waals surface area contributed by atoms with Crippen LogP contribution >= 0.6 is 0 Å². The lowest BCUT2D eigenvalue weighted by Crippen LogP contribution is -2.37. The van der Waals surface area contributed by atoms with E-state index in [-0.39, 0.29) is 11.3 Å². The number of benzene rings is 2. The largest absolute Gasteiger partial charge is 0.452 e. The van der Waals surface area contributed by atoms with Gasteiger partial charge in [-0.3, -0.25) is 10.1 Å². The number of hydrogen-bond acceptors (Lipinski definition) is 6. The summed E-state index contributed by atoms with van der Waals surface area (Å²) >= 11 is 0. The predicted octanol–water partition coefficient (Wildman–Crippen LogP) is 3.77. The molecule has 0 unspecified atom stereocenters. The number of ether oxygens (including phenoxy) is 1. The molecule has 0 aliphatic rings. The molecule has 30 heavy (non-hydrogen) atoms. The Hall–Kier alpha value is -3.94. The average molecular weight is 407 g/mol. The van der Waals surface area contributed by atoms with Gasteiger partial charge in [0.25, 0.3) is 5.91 Å². The fourth-order valence-corrected chi connectivity index (χ4v) is 2.88. The summed E-state index contributed by atoms with van der Waals surface area (Å²) in [5, 5.41) is 8.62. The number of hydrogen-bond donors (Lipinski definition) is 2. The summed E-state index contributed by atoms with van der Waals surface area (Å²) in [6, 6.07) is 13.8. The number of amides is 3. The molecule has 1 aromatic heterocycles. The minimum absolute atomic E-state index is 0.133. The fraction of sp³-hybridized carbons (Fsp3) is 0.182. The Balaban J connectivity index is 1.58. The zero-order valence-corrected chi connectivity index (χ0v) is 16.8. The van der Waals surface area contributed by atoms with Gasteiger partial charge >= 0.3 is 12.0 Å². The molecule has 0 saturated heterocycles. The number of aryl methyl sites for hydroxylation is 3. The van der Waals surface area contributed by atoms with E-state index in [0.29, 0.717) is 16.9 Å². The summed E-state index contributed by atoms with van der Waals surface area (Å²) in [6.07, 6.45) is 0. The third-order valence-electron chi connectivity index (χ3n) is 4.33. The molecule has 2 aromatic carbocycles. The second kappa shape index (κ2) is 9.04. The van der Waals surface area contributed by atoms with Gasteiger partial charge in [0.2, 0.25) is 0 Å². The first kappa shape index (κ1) is 20.8. The number of esters is 1. The Labute approximate surface area is 173 Å². The van der Waals surface area contributed by atoms with Crippen LogP contribution in [0, 0.1) is 20.8 Å². The van der Waals surface area contributed by atoms with Crippen LogP contribution in [0.5, 0.6) is 0 Å². The number of carbonyl (C=O) groups is 3. The number of urea groups is 1. The maximum atomic E-state index is 12.5. The Morgan fingerprint density at radius 2 is 1.77 bits per heavy atom. The van der Waals surface area contributed by atoms with E-state index in [4.69, 9.17) is 9.26 Å². The van der Waals surface area contributed by atoms with Crippen LogP contribution in [-0.2, 0) is 9.53 Å². The summed E-state index contributed by atoms with van der Waals surface area (Å²) in [5.74, 6) is -1.26. The van der Waals surface area contributed by atoms with Crippen molar-refractivity contribution in [1.29, 1.82) is 0 Å². The first-order chi connectivity index (χ1) is 14.3. The van der Waals surface area contributed by atoms with Crippen LogP contribution in [0.3, 0.4) is 0 Å².